The van der Waals surface area contributed by atoms with E-state index in [1.54, 1.807) is 44.2 Å². The maximum absolute atomic E-state index is 12.4. The molecule has 0 fully saturated rings. The molecule has 0 saturated carbocycles. The van der Waals surface area contributed by atoms with Crippen LogP contribution in [-0.2, 0) is 21.5 Å². The van der Waals surface area contributed by atoms with Crippen LogP contribution in [0.4, 0.5) is 4.79 Å². The van der Waals surface area contributed by atoms with Crippen molar-refractivity contribution >= 4 is 39.1 Å². The van der Waals surface area contributed by atoms with E-state index in [0.717, 1.165) is 21.8 Å². The number of nitrogens with zero attached hydrogens (tertiary/aromatic N) is 1. The standard InChI is InChI=1S/C20H23N3O5S3/c1-20(2,3)27-19(24)23-16(18-22-17(12-30-18)14-8-9-29-11-14)10-13-4-6-15(7-5-13)28-31(21,25)26/h4-9,11-12,16H,10H2,1-3H3,(H,23,24)(H2,21,25,26)/t16-/m0/s1. The number of nitrogens with two attached hydrogens (primary N) is 1. The Morgan fingerprint density at radius 2 is 1.90 bits per heavy atom. The molecule has 166 valence electrons. The van der Waals surface area contributed by atoms with Crippen LogP contribution in [0.5, 0.6) is 5.75 Å². The van der Waals surface area contributed by atoms with Crippen molar-refractivity contribution in [2.24, 2.45) is 5.14 Å². The van der Waals surface area contributed by atoms with E-state index in [-0.39, 0.29) is 5.75 Å². The minimum Gasteiger partial charge on any atom is -0.444 e. The largest absolute Gasteiger partial charge is 0.444 e. The van der Waals surface area contributed by atoms with Crippen molar-refractivity contribution in [1.29, 1.82) is 0 Å². The maximum Gasteiger partial charge on any atom is 0.408 e. The van der Waals surface area contributed by atoms with E-state index >= 15 is 0 Å². The first-order chi connectivity index (χ1) is 14.5. The van der Waals surface area contributed by atoms with Gasteiger partial charge in [-0.15, -0.1) is 11.3 Å². The van der Waals surface area contributed by atoms with E-state index in [2.05, 4.69) is 9.50 Å². The summed E-state index contributed by atoms with van der Waals surface area (Å²) in [6, 6.07) is 7.97. The maximum atomic E-state index is 12.4. The Balaban J connectivity index is 1.81. The quantitative estimate of drug-likeness (QED) is 0.520. The molecule has 0 aliphatic rings. The third-order valence-electron chi connectivity index (χ3n) is 3.90. The fourth-order valence-corrected chi connectivity index (χ4v) is 4.60. The van der Waals surface area contributed by atoms with Crippen LogP contribution >= 0.6 is 22.7 Å². The minimum atomic E-state index is -4.09. The summed E-state index contributed by atoms with van der Waals surface area (Å²) in [4.78, 5) is 17.1. The molecule has 0 saturated heterocycles. The first-order valence-electron chi connectivity index (χ1n) is 9.27. The monoisotopic (exact) mass is 481 g/mol. The zero-order valence-corrected chi connectivity index (χ0v) is 19.6. The highest BCUT2D eigenvalue weighted by Crippen LogP contribution is 2.29. The molecule has 8 nitrogen and oxygen atoms in total. The summed E-state index contributed by atoms with van der Waals surface area (Å²) in [6.45, 7) is 5.39. The number of thiophene rings is 1. The Morgan fingerprint density at radius 1 is 1.19 bits per heavy atom. The first kappa shape index (κ1) is 23.2. The van der Waals surface area contributed by atoms with Gasteiger partial charge >= 0.3 is 16.4 Å². The number of amides is 1. The number of benzene rings is 1. The number of rotatable bonds is 7. The van der Waals surface area contributed by atoms with Crippen LogP contribution in [0.1, 0.15) is 37.4 Å². The van der Waals surface area contributed by atoms with Crippen molar-refractivity contribution in [3.8, 4) is 17.0 Å². The van der Waals surface area contributed by atoms with Gasteiger partial charge in [-0.05, 0) is 56.3 Å². The number of hydrogen-bond acceptors (Lipinski definition) is 8. The second-order valence-electron chi connectivity index (χ2n) is 7.71. The van der Waals surface area contributed by atoms with Gasteiger partial charge in [-0.25, -0.2) is 9.78 Å². The van der Waals surface area contributed by atoms with Crippen LogP contribution in [0.25, 0.3) is 11.3 Å². The van der Waals surface area contributed by atoms with Gasteiger partial charge in [-0.1, -0.05) is 12.1 Å². The van der Waals surface area contributed by atoms with Crippen LogP contribution in [0.3, 0.4) is 0 Å². The van der Waals surface area contributed by atoms with Crippen LogP contribution in [0.15, 0.2) is 46.5 Å². The lowest BCUT2D eigenvalue weighted by molar-refractivity contribution is 0.0503. The molecule has 1 atom stereocenters. The molecule has 0 aliphatic carbocycles. The van der Waals surface area contributed by atoms with Crippen molar-refractivity contribution in [2.75, 3.05) is 0 Å². The number of alkyl carbamates (subject to hydrolysis) is 1. The smallest absolute Gasteiger partial charge is 0.408 e. The van der Waals surface area contributed by atoms with Crippen molar-refractivity contribution < 1.29 is 22.1 Å². The average molecular weight is 482 g/mol. The summed E-state index contributed by atoms with van der Waals surface area (Å²) in [5.74, 6) is 0.108. The molecule has 2 aromatic heterocycles. The fraction of sp³-hybridized carbons (Fsp3) is 0.300. The summed E-state index contributed by atoms with van der Waals surface area (Å²) < 4.78 is 32.2. The molecule has 31 heavy (non-hydrogen) atoms. The highest BCUT2D eigenvalue weighted by Gasteiger charge is 2.23. The molecule has 3 rings (SSSR count). The number of thiazole rings is 1. The Morgan fingerprint density at radius 3 is 2.48 bits per heavy atom. The molecule has 2 heterocycles. The molecule has 0 spiro atoms. The zero-order valence-electron chi connectivity index (χ0n) is 17.2. The lowest BCUT2D eigenvalue weighted by Gasteiger charge is -2.23. The van der Waals surface area contributed by atoms with Gasteiger partial charge in [0, 0.05) is 16.3 Å². The first-order valence-corrected chi connectivity index (χ1v) is 12.6. The lowest BCUT2D eigenvalue weighted by atomic mass is 10.1. The summed E-state index contributed by atoms with van der Waals surface area (Å²) in [5.41, 5.74) is 2.07. The summed E-state index contributed by atoms with van der Waals surface area (Å²) in [5, 5.41) is 14.5. The van der Waals surface area contributed by atoms with E-state index in [9.17, 15) is 13.2 Å². The number of ether oxygens (including phenoxy) is 1. The molecular formula is C20H23N3O5S3. The number of nitrogens with one attached hydrogen (secondary N) is 1. The van der Waals surface area contributed by atoms with E-state index in [1.807, 2.05) is 22.2 Å². The average Bonchev–Trinajstić information content (AvgIpc) is 3.31. The number of aromatic nitrogens is 1. The summed E-state index contributed by atoms with van der Waals surface area (Å²) in [6.07, 6.45) is -0.121. The van der Waals surface area contributed by atoms with Crippen LogP contribution in [-0.4, -0.2) is 25.1 Å². The Bertz CT molecular complexity index is 1120. The molecule has 3 aromatic rings. The Kier molecular flexibility index (Phi) is 6.99. The normalized spacial score (nSPS) is 12.9. The minimum absolute atomic E-state index is 0.108. The van der Waals surface area contributed by atoms with E-state index < -0.39 is 28.0 Å². The van der Waals surface area contributed by atoms with Crippen LogP contribution < -0.4 is 14.6 Å². The van der Waals surface area contributed by atoms with E-state index in [4.69, 9.17) is 14.9 Å². The molecular weight excluding hydrogens is 458 g/mol. The van der Waals surface area contributed by atoms with Gasteiger partial charge in [0.25, 0.3) is 0 Å². The highest BCUT2D eigenvalue weighted by molar-refractivity contribution is 7.84. The van der Waals surface area contributed by atoms with Crippen LogP contribution in [0.2, 0.25) is 0 Å². The predicted molar refractivity (Wildman–Crippen MR) is 121 cm³/mol. The molecule has 0 unspecified atom stereocenters. The topological polar surface area (TPSA) is 121 Å². The summed E-state index contributed by atoms with van der Waals surface area (Å²) >= 11 is 3.04. The fourth-order valence-electron chi connectivity index (χ4n) is 2.69. The Labute approximate surface area is 189 Å². The SMILES string of the molecule is CC(C)(C)OC(=O)N[C@@H](Cc1ccc(OS(N)(=O)=O)cc1)c1nc(-c2ccsc2)cs1. The van der Waals surface area contributed by atoms with Gasteiger partial charge in [0.1, 0.15) is 16.4 Å². The molecule has 1 amide bonds. The van der Waals surface area contributed by atoms with E-state index in [1.165, 1.54) is 23.5 Å². The number of hydrogen-bond donors (Lipinski definition) is 2. The van der Waals surface area contributed by atoms with Crippen molar-refractivity contribution in [3.05, 3.63) is 57.0 Å². The molecule has 1 aromatic carbocycles. The Hall–Kier alpha value is -2.47. The highest BCUT2D eigenvalue weighted by atomic mass is 32.2. The van der Waals surface area contributed by atoms with Crippen molar-refractivity contribution in [3.63, 3.8) is 0 Å². The van der Waals surface area contributed by atoms with E-state index in [0.29, 0.717) is 6.42 Å². The molecule has 0 radical (unpaired) electrons. The van der Waals surface area contributed by atoms with Crippen LogP contribution in [0, 0.1) is 0 Å². The molecule has 11 heteroatoms. The third-order valence-corrected chi connectivity index (χ3v) is 5.97. The number of carbonyl (C=O) groups excluding carboxylic acids is 1. The van der Waals surface area contributed by atoms with Crippen molar-refractivity contribution in [2.45, 2.75) is 38.8 Å². The van der Waals surface area contributed by atoms with Gasteiger partial charge in [-0.2, -0.15) is 24.9 Å². The second-order valence-corrected chi connectivity index (χ2v) is 10.5. The zero-order chi connectivity index (χ0) is 22.6. The van der Waals surface area contributed by atoms with Gasteiger partial charge < -0.3 is 14.2 Å². The third kappa shape index (κ3) is 7.31. The molecule has 0 aliphatic heterocycles. The summed E-state index contributed by atoms with van der Waals surface area (Å²) in [7, 11) is -4.09. The van der Waals surface area contributed by atoms with Gasteiger partial charge in [-0.3, -0.25) is 0 Å². The van der Waals surface area contributed by atoms with Crippen molar-refractivity contribution in [1.82, 2.24) is 10.3 Å². The van der Waals surface area contributed by atoms with Gasteiger partial charge in [0.2, 0.25) is 0 Å². The second kappa shape index (κ2) is 9.35. The van der Waals surface area contributed by atoms with Gasteiger partial charge in [0.15, 0.2) is 0 Å². The molecule has 3 N–H and O–H groups in total. The lowest BCUT2D eigenvalue weighted by Crippen LogP contribution is -2.35. The van der Waals surface area contributed by atoms with Gasteiger partial charge in [0.05, 0.1) is 11.7 Å². The predicted octanol–water partition coefficient (Wildman–Crippen LogP) is 4.26. The molecule has 0 bridgehead atoms. The number of carbonyl (C=O) groups is 1.